The van der Waals surface area contributed by atoms with E-state index in [0.29, 0.717) is 23.6 Å². The second-order valence-corrected chi connectivity index (χ2v) is 6.95. The molecule has 2 aliphatic heterocycles. The second-order valence-electron chi connectivity index (χ2n) is 5.95. The van der Waals surface area contributed by atoms with Crippen molar-refractivity contribution < 1.29 is 31.7 Å². The van der Waals surface area contributed by atoms with Crippen LogP contribution in [-0.4, -0.2) is 64.3 Å². The van der Waals surface area contributed by atoms with Crippen LogP contribution >= 0.6 is 0 Å². The Balaban J connectivity index is 1.74. The molecule has 6 N–H and O–H groups in total. The smallest absolute Gasteiger partial charge is 0.383 e. The summed E-state index contributed by atoms with van der Waals surface area (Å²) in [4.78, 5) is 17.4. The molecule has 2 fully saturated rings. The SMILES string of the molecule is NC(N)=NC[C@H](O)c1cc([C@H]2CC[C@@H]3CN2C(=O)N3OS(=O)(=O)O)no1. The highest BCUT2D eigenvalue weighted by molar-refractivity contribution is 7.80. The van der Waals surface area contributed by atoms with E-state index in [9.17, 15) is 18.3 Å². The van der Waals surface area contributed by atoms with Crippen LogP contribution in [0.4, 0.5) is 4.79 Å². The van der Waals surface area contributed by atoms with Gasteiger partial charge in [-0.25, -0.2) is 4.79 Å². The molecule has 1 aromatic rings. The largest absolute Gasteiger partial charge is 0.418 e. The molecular weight excluding hydrogens is 372 g/mol. The van der Waals surface area contributed by atoms with Gasteiger partial charge in [-0.15, -0.1) is 4.28 Å². The van der Waals surface area contributed by atoms with E-state index in [2.05, 4.69) is 14.4 Å². The molecule has 0 aliphatic carbocycles. The van der Waals surface area contributed by atoms with Crippen molar-refractivity contribution in [2.24, 2.45) is 16.5 Å². The lowest BCUT2D eigenvalue weighted by Crippen LogP contribution is -2.35. The lowest BCUT2D eigenvalue weighted by atomic mass is 9.98. The molecule has 2 amide bonds. The first-order valence-corrected chi connectivity index (χ1v) is 8.99. The predicted octanol–water partition coefficient (Wildman–Crippen LogP) is -1.34. The van der Waals surface area contributed by atoms with Gasteiger partial charge in [-0.1, -0.05) is 5.16 Å². The zero-order valence-corrected chi connectivity index (χ0v) is 14.2. The number of amides is 2. The summed E-state index contributed by atoms with van der Waals surface area (Å²) in [5, 5.41) is 14.5. The van der Waals surface area contributed by atoms with Crippen molar-refractivity contribution in [1.29, 1.82) is 0 Å². The number of nitrogens with two attached hydrogens (primary N) is 2. The van der Waals surface area contributed by atoms with E-state index < -0.39 is 34.6 Å². The number of guanidine groups is 1. The number of piperidine rings is 1. The fraction of sp³-hybridized carbons (Fsp3) is 0.583. The molecule has 2 saturated heterocycles. The third kappa shape index (κ3) is 3.72. The summed E-state index contributed by atoms with van der Waals surface area (Å²) in [6, 6.07) is -0.209. The number of rotatable bonds is 6. The van der Waals surface area contributed by atoms with Gasteiger partial charge in [0, 0.05) is 12.6 Å². The maximum Gasteiger partial charge on any atom is 0.418 e. The minimum absolute atomic E-state index is 0.109. The quantitative estimate of drug-likeness (QED) is 0.256. The van der Waals surface area contributed by atoms with E-state index in [4.69, 9.17) is 20.5 Å². The second kappa shape index (κ2) is 6.71. The van der Waals surface area contributed by atoms with Crippen LogP contribution in [-0.2, 0) is 14.7 Å². The maximum absolute atomic E-state index is 12.4. The molecule has 3 atom stereocenters. The lowest BCUT2D eigenvalue weighted by molar-refractivity contribution is -0.0317. The molecule has 0 radical (unpaired) electrons. The highest BCUT2D eigenvalue weighted by atomic mass is 32.3. The van der Waals surface area contributed by atoms with Gasteiger partial charge in [-0.05, 0) is 12.8 Å². The van der Waals surface area contributed by atoms with E-state index in [1.807, 2.05) is 0 Å². The molecule has 144 valence electrons. The first-order valence-electron chi connectivity index (χ1n) is 7.62. The number of urea groups is 1. The number of carbonyl (C=O) groups is 1. The van der Waals surface area contributed by atoms with Crippen LogP contribution in [0, 0.1) is 0 Å². The van der Waals surface area contributed by atoms with E-state index >= 15 is 0 Å². The molecule has 2 bridgehead atoms. The van der Waals surface area contributed by atoms with Crippen molar-refractivity contribution in [2.75, 3.05) is 13.1 Å². The Bertz CT molecular complexity index is 820. The molecule has 3 rings (SSSR count). The van der Waals surface area contributed by atoms with Crippen molar-refractivity contribution in [1.82, 2.24) is 15.1 Å². The van der Waals surface area contributed by atoms with Crippen LogP contribution < -0.4 is 11.5 Å². The van der Waals surface area contributed by atoms with Crippen LogP contribution in [0.15, 0.2) is 15.6 Å². The van der Waals surface area contributed by atoms with Gasteiger partial charge in [0.1, 0.15) is 11.8 Å². The van der Waals surface area contributed by atoms with Crippen LogP contribution in [0.5, 0.6) is 0 Å². The minimum Gasteiger partial charge on any atom is -0.383 e. The predicted molar refractivity (Wildman–Crippen MR) is 84.5 cm³/mol. The molecule has 0 saturated carbocycles. The number of aliphatic hydroxyl groups excluding tert-OH is 1. The van der Waals surface area contributed by atoms with E-state index in [1.54, 1.807) is 0 Å². The van der Waals surface area contributed by atoms with Gasteiger partial charge in [-0.2, -0.15) is 13.5 Å². The zero-order chi connectivity index (χ0) is 19.1. The summed E-state index contributed by atoms with van der Waals surface area (Å²) in [5.41, 5.74) is 10.8. The van der Waals surface area contributed by atoms with Gasteiger partial charge in [0.15, 0.2) is 11.7 Å². The number of aromatic nitrogens is 1. The zero-order valence-electron chi connectivity index (χ0n) is 13.4. The highest BCUT2D eigenvalue weighted by Gasteiger charge is 2.48. The monoisotopic (exact) mass is 390 g/mol. The van der Waals surface area contributed by atoms with Gasteiger partial charge in [-0.3, -0.25) is 9.55 Å². The van der Waals surface area contributed by atoms with Gasteiger partial charge in [0.2, 0.25) is 0 Å². The maximum atomic E-state index is 12.4. The molecule has 14 heteroatoms. The average molecular weight is 390 g/mol. The molecule has 0 unspecified atom stereocenters. The van der Waals surface area contributed by atoms with Gasteiger partial charge < -0.3 is 26.0 Å². The van der Waals surface area contributed by atoms with Crippen molar-refractivity contribution >= 4 is 22.4 Å². The molecular formula is C12H18N6O7S. The van der Waals surface area contributed by atoms with Gasteiger partial charge >= 0.3 is 16.4 Å². The number of hydrogen-bond acceptors (Lipinski definition) is 8. The van der Waals surface area contributed by atoms with Crippen LogP contribution in [0.3, 0.4) is 0 Å². The Labute approximate surface area is 148 Å². The summed E-state index contributed by atoms with van der Waals surface area (Å²) in [6.07, 6.45) is -0.206. The molecule has 2 aliphatic rings. The molecule has 0 aromatic carbocycles. The van der Waals surface area contributed by atoms with Crippen molar-refractivity contribution in [3.05, 3.63) is 17.5 Å². The first kappa shape index (κ1) is 18.4. The summed E-state index contributed by atoms with van der Waals surface area (Å²) < 4.78 is 40.0. The van der Waals surface area contributed by atoms with Gasteiger partial charge in [0.25, 0.3) is 0 Å². The average Bonchev–Trinajstić information content (AvgIpc) is 3.12. The third-order valence-corrected chi connectivity index (χ3v) is 4.51. The van der Waals surface area contributed by atoms with Crippen LogP contribution in [0.1, 0.15) is 36.4 Å². The van der Waals surface area contributed by atoms with E-state index in [1.165, 1.54) is 11.0 Å². The molecule has 26 heavy (non-hydrogen) atoms. The van der Waals surface area contributed by atoms with Crippen LogP contribution in [0.2, 0.25) is 0 Å². The summed E-state index contributed by atoms with van der Waals surface area (Å²) in [7, 11) is -4.80. The third-order valence-electron chi connectivity index (χ3n) is 4.16. The Hall–Kier alpha value is -2.42. The molecule has 0 spiro atoms. The highest BCUT2D eigenvalue weighted by Crippen LogP contribution is 2.38. The fourth-order valence-electron chi connectivity index (χ4n) is 3.04. The van der Waals surface area contributed by atoms with E-state index in [0.717, 1.165) is 0 Å². The number of fused-ring (bicyclic) bond motifs is 2. The number of hydroxylamine groups is 2. The lowest BCUT2D eigenvalue weighted by Gasteiger charge is -2.28. The number of aliphatic imine (C=N–C) groups is 1. The first-order chi connectivity index (χ1) is 12.2. The summed E-state index contributed by atoms with van der Waals surface area (Å²) >= 11 is 0. The molecule has 13 nitrogen and oxygen atoms in total. The number of hydrogen-bond donors (Lipinski definition) is 4. The fourth-order valence-corrected chi connectivity index (χ4v) is 3.43. The summed E-state index contributed by atoms with van der Waals surface area (Å²) in [5.74, 6) is -0.0477. The van der Waals surface area contributed by atoms with Crippen molar-refractivity contribution in [2.45, 2.75) is 31.0 Å². The van der Waals surface area contributed by atoms with Crippen LogP contribution in [0.25, 0.3) is 0 Å². The van der Waals surface area contributed by atoms with Gasteiger partial charge in [0.05, 0.1) is 18.6 Å². The number of nitrogens with zero attached hydrogens (tertiary/aromatic N) is 4. The van der Waals surface area contributed by atoms with Crippen molar-refractivity contribution in [3.8, 4) is 0 Å². The minimum atomic E-state index is -4.80. The Morgan fingerprint density at radius 3 is 2.88 bits per heavy atom. The standard InChI is InChI=1S/C12H18N6O7S/c13-11(14)15-4-9(19)10-3-7(16-24-10)8-2-1-6-5-17(8)12(20)18(6)25-26(21,22)23/h3,6,8-9,19H,1-2,4-5H2,(H4,13,14,15)(H,21,22,23)/t6-,8-,9+/m1/s1. The summed E-state index contributed by atoms with van der Waals surface area (Å²) in [6.45, 7) is 0.0973. The Morgan fingerprint density at radius 2 is 2.23 bits per heavy atom. The normalized spacial score (nSPS) is 24.0. The topological polar surface area (TPSA) is 198 Å². The molecule has 3 heterocycles. The Kier molecular flexibility index (Phi) is 4.74. The molecule has 1 aromatic heterocycles. The Morgan fingerprint density at radius 1 is 1.50 bits per heavy atom. The van der Waals surface area contributed by atoms with Crippen molar-refractivity contribution in [3.63, 3.8) is 0 Å². The van der Waals surface area contributed by atoms with E-state index in [-0.39, 0.29) is 24.8 Å². The number of aliphatic hydroxyl groups is 1. The number of carbonyl (C=O) groups excluding carboxylic acids is 1.